The molecule has 88 valence electrons. The third-order valence-electron chi connectivity index (χ3n) is 2.83. The van der Waals surface area contributed by atoms with Crippen LogP contribution in [0.2, 0.25) is 0 Å². The molecule has 1 aliphatic heterocycles. The molecule has 0 bridgehead atoms. The van der Waals surface area contributed by atoms with Crippen molar-refractivity contribution in [3.05, 3.63) is 11.9 Å². The monoisotopic (exact) mass is 224 g/mol. The molecule has 1 saturated heterocycles. The number of methoxy groups -OCH3 is 1. The number of ether oxygens (including phenoxy) is 2. The second kappa shape index (κ2) is 4.65. The molecule has 1 fully saturated rings. The normalized spacial score (nSPS) is 20.8. The van der Waals surface area contributed by atoms with Crippen molar-refractivity contribution in [1.82, 2.24) is 9.78 Å². The number of nitrogens with zero attached hydrogens (tertiary/aromatic N) is 2. The fourth-order valence-electron chi connectivity index (χ4n) is 1.95. The lowest BCUT2D eigenvalue weighted by Gasteiger charge is -2.21. The molecule has 1 atom stereocenters. The molecule has 1 aromatic heterocycles. The van der Waals surface area contributed by atoms with E-state index in [4.69, 9.17) is 9.47 Å². The Kier molecular flexibility index (Phi) is 3.24. The number of rotatable bonds is 3. The van der Waals surface area contributed by atoms with Gasteiger partial charge in [0, 0.05) is 13.7 Å². The highest BCUT2D eigenvalue weighted by atomic mass is 16.5. The lowest BCUT2D eigenvalue weighted by atomic mass is 10.0. The van der Waals surface area contributed by atoms with Crippen molar-refractivity contribution in [2.45, 2.75) is 25.4 Å². The number of ketones is 1. The molecule has 0 spiro atoms. The third-order valence-corrected chi connectivity index (χ3v) is 2.83. The van der Waals surface area contributed by atoms with Crippen LogP contribution in [0.3, 0.4) is 0 Å². The van der Waals surface area contributed by atoms with Gasteiger partial charge in [-0.15, -0.1) is 0 Å². The summed E-state index contributed by atoms with van der Waals surface area (Å²) >= 11 is 0. The Morgan fingerprint density at radius 3 is 3.06 bits per heavy atom. The maximum absolute atomic E-state index is 12.2. The number of carbonyl (C=O) groups excluding carboxylic acids is 1. The van der Waals surface area contributed by atoms with E-state index in [2.05, 4.69) is 5.10 Å². The average molecular weight is 224 g/mol. The van der Waals surface area contributed by atoms with Gasteiger partial charge in [0.15, 0.2) is 5.75 Å². The Morgan fingerprint density at radius 1 is 1.62 bits per heavy atom. The smallest absolute Gasteiger partial charge is 0.213 e. The molecule has 2 heterocycles. The lowest BCUT2D eigenvalue weighted by molar-refractivity contribution is 0.0178. The van der Waals surface area contributed by atoms with Crippen LogP contribution in [-0.4, -0.2) is 35.4 Å². The summed E-state index contributed by atoms with van der Waals surface area (Å²) in [6, 6.07) is 0. The van der Waals surface area contributed by atoms with Gasteiger partial charge in [-0.1, -0.05) is 0 Å². The Bertz CT molecular complexity index is 381. The first-order valence-electron chi connectivity index (χ1n) is 5.46. The van der Waals surface area contributed by atoms with E-state index in [0.717, 1.165) is 19.3 Å². The molecule has 1 unspecified atom stereocenters. The van der Waals surface area contributed by atoms with E-state index in [-0.39, 0.29) is 11.9 Å². The molecule has 1 aromatic rings. The summed E-state index contributed by atoms with van der Waals surface area (Å²) < 4.78 is 12.1. The van der Waals surface area contributed by atoms with E-state index in [0.29, 0.717) is 18.1 Å². The molecular formula is C11H16N2O3. The number of carbonyl (C=O) groups is 1. The van der Waals surface area contributed by atoms with E-state index in [1.54, 1.807) is 17.9 Å². The minimum absolute atomic E-state index is 0.0310. The minimum atomic E-state index is -0.335. The van der Waals surface area contributed by atoms with Crippen LogP contribution < -0.4 is 4.74 Å². The largest absolute Gasteiger partial charge is 0.493 e. The van der Waals surface area contributed by atoms with E-state index in [1.165, 1.54) is 7.11 Å². The maximum Gasteiger partial charge on any atom is 0.213 e. The number of aromatic nitrogens is 2. The van der Waals surface area contributed by atoms with Crippen LogP contribution in [-0.2, 0) is 11.8 Å². The predicted octanol–water partition coefficient (Wildman–Crippen LogP) is 1.18. The molecule has 1 aliphatic rings. The van der Waals surface area contributed by atoms with Gasteiger partial charge in [-0.25, -0.2) is 0 Å². The molecular weight excluding hydrogens is 208 g/mol. The van der Waals surface area contributed by atoms with Crippen LogP contribution in [0.4, 0.5) is 0 Å². The number of Topliss-reactive ketones (excluding diaryl/α,β-unsaturated/α-hetero) is 1. The van der Waals surface area contributed by atoms with Gasteiger partial charge in [0.05, 0.1) is 13.3 Å². The molecule has 0 radical (unpaired) electrons. The summed E-state index contributed by atoms with van der Waals surface area (Å²) in [5.74, 6) is 0.484. The fourth-order valence-corrected chi connectivity index (χ4v) is 1.95. The van der Waals surface area contributed by atoms with Gasteiger partial charge in [-0.2, -0.15) is 5.10 Å². The zero-order valence-corrected chi connectivity index (χ0v) is 9.60. The van der Waals surface area contributed by atoms with Gasteiger partial charge in [0.2, 0.25) is 5.78 Å². The molecule has 0 N–H and O–H groups in total. The molecule has 0 aromatic carbocycles. The van der Waals surface area contributed by atoms with Crippen LogP contribution >= 0.6 is 0 Å². The first kappa shape index (κ1) is 11.1. The van der Waals surface area contributed by atoms with Crippen LogP contribution in [0.5, 0.6) is 5.75 Å². The van der Waals surface area contributed by atoms with Crippen molar-refractivity contribution in [2.24, 2.45) is 7.05 Å². The van der Waals surface area contributed by atoms with Gasteiger partial charge < -0.3 is 9.47 Å². The highest BCUT2D eigenvalue weighted by molar-refractivity contribution is 6.00. The topological polar surface area (TPSA) is 53.4 Å². The SMILES string of the molecule is COc1cnn(C)c1C(=O)C1CCCCO1. The lowest BCUT2D eigenvalue weighted by Crippen LogP contribution is -2.30. The first-order valence-corrected chi connectivity index (χ1v) is 5.46. The quantitative estimate of drug-likeness (QED) is 0.723. The fraction of sp³-hybridized carbons (Fsp3) is 0.636. The molecule has 0 aliphatic carbocycles. The van der Waals surface area contributed by atoms with Crippen LogP contribution in [0.15, 0.2) is 6.20 Å². The predicted molar refractivity (Wildman–Crippen MR) is 57.7 cm³/mol. The second-order valence-corrected chi connectivity index (χ2v) is 3.90. The molecule has 5 nitrogen and oxygen atoms in total. The third kappa shape index (κ3) is 1.95. The molecule has 2 rings (SSSR count). The zero-order chi connectivity index (χ0) is 11.5. The Morgan fingerprint density at radius 2 is 2.44 bits per heavy atom. The van der Waals surface area contributed by atoms with Crippen molar-refractivity contribution < 1.29 is 14.3 Å². The Hall–Kier alpha value is -1.36. The Balaban J connectivity index is 2.21. The van der Waals surface area contributed by atoms with Gasteiger partial charge in [0.1, 0.15) is 11.8 Å². The zero-order valence-electron chi connectivity index (χ0n) is 9.60. The van der Waals surface area contributed by atoms with Crippen molar-refractivity contribution in [3.8, 4) is 5.75 Å². The summed E-state index contributed by atoms with van der Waals surface area (Å²) in [6.07, 6.45) is 4.07. The van der Waals surface area contributed by atoms with Crippen molar-refractivity contribution in [1.29, 1.82) is 0 Å². The highest BCUT2D eigenvalue weighted by Crippen LogP contribution is 2.23. The average Bonchev–Trinajstić information content (AvgIpc) is 2.70. The number of hydrogen-bond acceptors (Lipinski definition) is 4. The van der Waals surface area contributed by atoms with Gasteiger partial charge in [0.25, 0.3) is 0 Å². The molecule has 0 amide bonds. The summed E-state index contributed by atoms with van der Waals surface area (Å²) in [4.78, 5) is 12.2. The molecule has 16 heavy (non-hydrogen) atoms. The van der Waals surface area contributed by atoms with Crippen molar-refractivity contribution >= 4 is 5.78 Å². The van der Waals surface area contributed by atoms with Crippen LogP contribution in [0.1, 0.15) is 29.8 Å². The number of aryl methyl sites for hydroxylation is 1. The van der Waals surface area contributed by atoms with E-state index < -0.39 is 0 Å². The van der Waals surface area contributed by atoms with Gasteiger partial charge >= 0.3 is 0 Å². The van der Waals surface area contributed by atoms with Crippen LogP contribution in [0, 0.1) is 0 Å². The van der Waals surface area contributed by atoms with E-state index in [9.17, 15) is 4.79 Å². The van der Waals surface area contributed by atoms with Gasteiger partial charge in [-0.3, -0.25) is 9.48 Å². The van der Waals surface area contributed by atoms with E-state index in [1.807, 2.05) is 0 Å². The second-order valence-electron chi connectivity index (χ2n) is 3.90. The van der Waals surface area contributed by atoms with Crippen LogP contribution in [0.25, 0.3) is 0 Å². The highest BCUT2D eigenvalue weighted by Gasteiger charge is 2.28. The van der Waals surface area contributed by atoms with E-state index >= 15 is 0 Å². The molecule has 5 heteroatoms. The minimum Gasteiger partial charge on any atom is -0.493 e. The summed E-state index contributed by atoms with van der Waals surface area (Å²) in [6.45, 7) is 0.663. The van der Waals surface area contributed by atoms with Gasteiger partial charge in [-0.05, 0) is 19.3 Å². The first-order chi connectivity index (χ1) is 7.74. The summed E-state index contributed by atoms with van der Waals surface area (Å²) in [7, 11) is 3.27. The standard InChI is InChI=1S/C11H16N2O3/c1-13-10(9(15-2)7-12-13)11(14)8-5-3-4-6-16-8/h7-8H,3-6H2,1-2H3. The molecule has 0 saturated carbocycles. The Labute approximate surface area is 94.3 Å². The summed E-state index contributed by atoms with van der Waals surface area (Å²) in [5, 5.41) is 4.02. The number of hydrogen-bond donors (Lipinski definition) is 0. The van der Waals surface area contributed by atoms with Crippen molar-refractivity contribution in [2.75, 3.05) is 13.7 Å². The maximum atomic E-state index is 12.2. The summed E-state index contributed by atoms with van der Waals surface area (Å²) in [5.41, 5.74) is 0.495. The van der Waals surface area contributed by atoms with Crippen molar-refractivity contribution in [3.63, 3.8) is 0 Å².